The summed E-state index contributed by atoms with van der Waals surface area (Å²) in [6.07, 6.45) is 3.37. The Morgan fingerprint density at radius 3 is 2.32 bits per heavy atom. The van der Waals surface area contributed by atoms with Crippen molar-refractivity contribution in [2.75, 3.05) is 29.6 Å². The van der Waals surface area contributed by atoms with Gasteiger partial charge in [-0.15, -0.1) is 0 Å². The Labute approximate surface area is 190 Å². The average molecular weight is 458 g/mol. The predicted octanol–water partition coefficient (Wildman–Crippen LogP) is 5.03. The lowest BCUT2D eigenvalue weighted by atomic mass is 10.1. The molecule has 0 bridgehead atoms. The van der Waals surface area contributed by atoms with E-state index in [0.29, 0.717) is 33.5 Å². The van der Waals surface area contributed by atoms with Crippen molar-refractivity contribution in [2.45, 2.75) is 6.54 Å². The third-order valence-electron chi connectivity index (χ3n) is 4.33. The number of rotatable bonds is 6. The lowest BCUT2D eigenvalue weighted by molar-refractivity contribution is 0.0951. The monoisotopic (exact) mass is 457 g/mol. The number of pyridine rings is 1. The van der Waals surface area contributed by atoms with E-state index in [4.69, 9.17) is 23.2 Å². The molecule has 9 heteroatoms. The number of benzene rings is 2. The van der Waals surface area contributed by atoms with Crippen molar-refractivity contribution in [3.05, 3.63) is 82.1 Å². The summed E-state index contributed by atoms with van der Waals surface area (Å²) in [4.78, 5) is 31.1. The van der Waals surface area contributed by atoms with E-state index in [1.165, 1.54) is 0 Å². The maximum Gasteiger partial charge on any atom is 0.323 e. The first kappa shape index (κ1) is 22.4. The Morgan fingerprint density at radius 1 is 0.968 bits per heavy atom. The van der Waals surface area contributed by atoms with Crippen LogP contribution in [0.1, 0.15) is 15.9 Å². The predicted molar refractivity (Wildman–Crippen MR) is 125 cm³/mol. The van der Waals surface area contributed by atoms with E-state index in [9.17, 15) is 9.59 Å². The summed E-state index contributed by atoms with van der Waals surface area (Å²) in [5.74, 6) is -0.263. The number of carbonyl (C=O) groups excluding carboxylic acids is 2. The Balaban J connectivity index is 1.73. The molecule has 0 saturated carbocycles. The quantitative estimate of drug-likeness (QED) is 0.484. The molecular formula is C22H21Cl2N5O2. The average Bonchev–Trinajstić information content (AvgIpc) is 2.75. The van der Waals surface area contributed by atoms with E-state index in [0.717, 1.165) is 11.3 Å². The number of urea groups is 1. The molecule has 1 aromatic heterocycles. The Hall–Kier alpha value is -3.29. The summed E-state index contributed by atoms with van der Waals surface area (Å²) in [6, 6.07) is 13.1. The second kappa shape index (κ2) is 10.1. The van der Waals surface area contributed by atoms with Crippen LogP contribution in [0.15, 0.2) is 60.9 Å². The van der Waals surface area contributed by atoms with Crippen LogP contribution >= 0.6 is 23.2 Å². The standard InChI is InChI=1S/C22H21Cl2N5O2/c1-29(2)20-8-6-15(27-22(31)28-16-5-7-18(23)19(24)11-16)10-17(20)21(30)26-13-14-4-3-9-25-12-14/h3-12H,13H2,1-2H3,(H,26,30)(H2,27,28,31). The maximum atomic E-state index is 12.8. The smallest absolute Gasteiger partial charge is 0.323 e. The second-order valence-electron chi connectivity index (χ2n) is 6.88. The number of hydrogen-bond acceptors (Lipinski definition) is 4. The van der Waals surface area contributed by atoms with Crippen LogP contribution in [-0.4, -0.2) is 31.0 Å². The topological polar surface area (TPSA) is 86.4 Å². The molecule has 0 fully saturated rings. The third-order valence-corrected chi connectivity index (χ3v) is 5.07. The van der Waals surface area contributed by atoms with Crippen molar-refractivity contribution >= 4 is 52.2 Å². The lowest BCUT2D eigenvalue weighted by Crippen LogP contribution is -2.26. The van der Waals surface area contributed by atoms with Gasteiger partial charge >= 0.3 is 6.03 Å². The van der Waals surface area contributed by atoms with Crippen molar-refractivity contribution < 1.29 is 9.59 Å². The summed E-state index contributed by atoms with van der Waals surface area (Å²) in [6.45, 7) is 0.342. The minimum absolute atomic E-state index is 0.263. The van der Waals surface area contributed by atoms with Crippen LogP contribution in [0.4, 0.5) is 21.9 Å². The van der Waals surface area contributed by atoms with Gasteiger partial charge in [-0.05, 0) is 48.0 Å². The highest BCUT2D eigenvalue weighted by molar-refractivity contribution is 6.42. The zero-order chi connectivity index (χ0) is 22.4. The Morgan fingerprint density at radius 2 is 1.68 bits per heavy atom. The molecular weight excluding hydrogens is 437 g/mol. The van der Waals surface area contributed by atoms with E-state index in [1.54, 1.807) is 48.8 Å². The van der Waals surface area contributed by atoms with Gasteiger partial charge in [0.05, 0.1) is 15.6 Å². The summed E-state index contributed by atoms with van der Waals surface area (Å²) in [7, 11) is 3.69. The highest BCUT2D eigenvalue weighted by atomic mass is 35.5. The van der Waals surface area contributed by atoms with Crippen LogP contribution in [0.2, 0.25) is 10.0 Å². The SMILES string of the molecule is CN(C)c1ccc(NC(=O)Nc2ccc(Cl)c(Cl)c2)cc1C(=O)NCc1cccnc1. The molecule has 0 aliphatic carbocycles. The number of amides is 3. The van der Waals surface area contributed by atoms with Crippen molar-refractivity contribution in [3.8, 4) is 0 Å². The number of carbonyl (C=O) groups is 2. The zero-order valence-corrected chi connectivity index (χ0v) is 18.5. The highest BCUT2D eigenvalue weighted by Gasteiger charge is 2.15. The fourth-order valence-electron chi connectivity index (χ4n) is 2.83. The largest absolute Gasteiger partial charge is 0.377 e. The highest BCUT2D eigenvalue weighted by Crippen LogP contribution is 2.26. The molecule has 3 N–H and O–H groups in total. The molecule has 2 aromatic carbocycles. The lowest BCUT2D eigenvalue weighted by Gasteiger charge is -2.18. The van der Waals surface area contributed by atoms with E-state index >= 15 is 0 Å². The molecule has 3 amide bonds. The normalized spacial score (nSPS) is 10.3. The molecule has 0 saturated heterocycles. The van der Waals surface area contributed by atoms with Gasteiger partial charge < -0.3 is 20.9 Å². The first-order chi connectivity index (χ1) is 14.8. The fraction of sp³-hybridized carbons (Fsp3) is 0.136. The summed E-state index contributed by atoms with van der Waals surface area (Å²) in [5, 5.41) is 9.02. The molecule has 1 heterocycles. The van der Waals surface area contributed by atoms with Gasteiger partial charge in [-0.3, -0.25) is 9.78 Å². The van der Waals surface area contributed by atoms with Crippen LogP contribution in [0.5, 0.6) is 0 Å². The van der Waals surface area contributed by atoms with Gasteiger partial charge in [-0.2, -0.15) is 0 Å². The summed E-state index contributed by atoms with van der Waals surface area (Å²) < 4.78 is 0. The van der Waals surface area contributed by atoms with Crippen molar-refractivity contribution in [2.24, 2.45) is 0 Å². The van der Waals surface area contributed by atoms with Crippen molar-refractivity contribution in [3.63, 3.8) is 0 Å². The van der Waals surface area contributed by atoms with E-state index in [1.807, 2.05) is 31.1 Å². The number of nitrogens with zero attached hydrogens (tertiary/aromatic N) is 2. The second-order valence-corrected chi connectivity index (χ2v) is 7.69. The van der Waals surface area contributed by atoms with E-state index < -0.39 is 6.03 Å². The minimum atomic E-state index is -0.474. The van der Waals surface area contributed by atoms with Crippen LogP contribution in [0.3, 0.4) is 0 Å². The van der Waals surface area contributed by atoms with Gasteiger partial charge in [0.2, 0.25) is 0 Å². The maximum absolute atomic E-state index is 12.8. The van der Waals surface area contributed by atoms with Crippen LogP contribution < -0.4 is 20.9 Å². The fourth-order valence-corrected chi connectivity index (χ4v) is 3.13. The molecule has 0 aliphatic rings. The number of hydrogen-bond donors (Lipinski definition) is 3. The van der Waals surface area contributed by atoms with Gasteiger partial charge in [0.1, 0.15) is 0 Å². The van der Waals surface area contributed by atoms with Crippen LogP contribution in [0.25, 0.3) is 0 Å². The molecule has 7 nitrogen and oxygen atoms in total. The number of aromatic nitrogens is 1. The molecule has 3 rings (SSSR count). The van der Waals surface area contributed by atoms with E-state index in [-0.39, 0.29) is 5.91 Å². The van der Waals surface area contributed by atoms with Crippen molar-refractivity contribution in [1.29, 1.82) is 0 Å². The summed E-state index contributed by atoms with van der Waals surface area (Å²) in [5.41, 5.74) is 3.00. The number of anilines is 3. The van der Waals surface area contributed by atoms with Crippen molar-refractivity contribution in [1.82, 2.24) is 10.3 Å². The number of nitrogens with one attached hydrogen (secondary N) is 3. The molecule has 160 valence electrons. The molecule has 3 aromatic rings. The molecule has 0 atom stereocenters. The molecule has 0 aliphatic heterocycles. The minimum Gasteiger partial charge on any atom is -0.377 e. The third kappa shape index (κ3) is 6.10. The number of halogens is 2. The zero-order valence-electron chi connectivity index (χ0n) is 16.9. The summed E-state index contributed by atoms with van der Waals surface area (Å²) >= 11 is 11.9. The van der Waals surface area contributed by atoms with Gasteiger partial charge in [0, 0.05) is 50.1 Å². The van der Waals surface area contributed by atoms with Gasteiger partial charge in [-0.1, -0.05) is 29.3 Å². The Kier molecular flexibility index (Phi) is 7.33. The van der Waals surface area contributed by atoms with Gasteiger partial charge in [0.25, 0.3) is 5.91 Å². The molecule has 0 radical (unpaired) electrons. The van der Waals surface area contributed by atoms with Crippen LogP contribution in [0, 0.1) is 0 Å². The van der Waals surface area contributed by atoms with Crippen LogP contribution in [-0.2, 0) is 6.54 Å². The first-order valence-electron chi connectivity index (χ1n) is 9.35. The van der Waals surface area contributed by atoms with Gasteiger partial charge in [0.15, 0.2) is 0 Å². The first-order valence-corrected chi connectivity index (χ1v) is 10.1. The Bertz CT molecular complexity index is 1090. The van der Waals surface area contributed by atoms with E-state index in [2.05, 4.69) is 20.9 Å². The molecule has 31 heavy (non-hydrogen) atoms. The molecule has 0 spiro atoms. The molecule has 0 unspecified atom stereocenters. The van der Waals surface area contributed by atoms with Gasteiger partial charge in [-0.25, -0.2) is 4.79 Å².